The molecule has 1 aliphatic heterocycles. The second-order valence-corrected chi connectivity index (χ2v) is 6.62. The second kappa shape index (κ2) is 7.99. The highest BCUT2D eigenvalue weighted by molar-refractivity contribution is 5.97. The van der Waals surface area contributed by atoms with Gasteiger partial charge in [0.05, 0.1) is 6.42 Å². The van der Waals surface area contributed by atoms with Gasteiger partial charge in [-0.1, -0.05) is 44.9 Å². The van der Waals surface area contributed by atoms with E-state index in [4.69, 9.17) is 0 Å². The molecule has 1 aliphatic rings. The van der Waals surface area contributed by atoms with Gasteiger partial charge in [-0.25, -0.2) is 0 Å². The highest BCUT2D eigenvalue weighted by Crippen LogP contribution is 2.29. The van der Waals surface area contributed by atoms with Crippen LogP contribution in [-0.2, 0) is 4.79 Å². The van der Waals surface area contributed by atoms with E-state index in [0.29, 0.717) is 11.5 Å². The average molecular weight is 315 g/mol. The Morgan fingerprint density at radius 1 is 1.22 bits per heavy atom. The minimum atomic E-state index is -0.369. The topological polar surface area (TPSA) is 70.9 Å². The summed E-state index contributed by atoms with van der Waals surface area (Å²) in [5.74, 6) is 0.309. The summed E-state index contributed by atoms with van der Waals surface area (Å²) >= 11 is 0. The van der Waals surface area contributed by atoms with Gasteiger partial charge in [0.25, 0.3) is 5.91 Å². The third kappa shape index (κ3) is 4.98. The molecular weight excluding hydrogens is 290 g/mol. The van der Waals surface area contributed by atoms with Crippen LogP contribution in [0, 0.1) is 5.92 Å². The van der Waals surface area contributed by atoms with Gasteiger partial charge in [-0.05, 0) is 30.9 Å². The molecule has 23 heavy (non-hydrogen) atoms. The molecule has 0 aliphatic carbocycles. The predicted octanol–water partition coefficient (Wildman–Crippen LogP) is 4.05. The van der Waals surface area contributed by atoms with Crippen molar-refractivity contribution in [1.82, 2.24) is 5.32 Å². The molecule has 124 valence electrons. The van der Waals surface area contributed by atoms with Gasteiger partial charge in [0.1, 0.15) is 6.04 Å². The summed E-state index contributed by atoms with van der Waals surface area (Å²) in [5, 5.41) is 10.7. The number of rotatable bonds is 7. The lowest BCUT2D eigenvalue weighted by Gasteiger charge is -2.19. The van der Waals surface area contributed by atoms with Gasteiger partial charge < -0.3 is 5.32 Å². The highest BCUT2D eigenvalue weighted by Gasteiger charge is 2.25. The number of nitrogens with zero attached hydrogens (tertiary/aromatic N) is 2. The highest BCUT2D eigenvalue weighted by atomic mass is 16.2. The molecule has 5 heteroatoms. The molecule has 0 aromatic heterocycles. The van der Waals surface area contributed by atoms with Crippen LogP contribution in [0.1, 0.15) is 68.4 Å². The number of nitrogens with one attached hydrogen (secondary N) is 1. The Morgan fingerprint density at radius 3 is 2.70 bits per heavy atom. The molecule has 2 amide bonds. The van der Waals surface area contributed by atoms with Gasteiger partial charge in [0, 0.05) is 11.6 Å². The molecule has 2 atom stereocenters. The minimum Gasteiger partial charge on any atom is -0.354 e. The van der Waals surface area contributed by atoms with E-state index in [-0.39, 0.29) is 30.3 Å². The number of benzene rings is 1. The van der Waals surface area contributed by atoms with Gasteiger partial charge in [0.2, 0.25) is 5.91 Å². The smallest absolute Gasteiger partial charge is 0.295 e. The number of hydrogen-bond donors (Lipinski definition) is 1. The molecule has 0 radical (unpaired) electrons. The zero-order valence-corrected chi connectivity index (χ0v) is 14.1. The molecule has 1 aromatic rings. The molecule has 0 saturated heterocycles. The van der Waals surface area contributed by atoms with Crippen LogP contribution in [0.25, 0.3) is 0 Å². The summed E-state index contributed by atoms with van der Waals surface area (Å²) < 4.78 is 0. The Balaban J connectivity index is 1.88. The Bertz CT molecular complexity index is 596. The maximum Gasteiger partial charge on any atom is 0.295 e. The van der Waals surface area contributed by atoms with Gasteiger partial charge in [-0.2, -0.15) is 5.11 Å². The van der Waals surface area contributed by atoms with E-state index in [1.807, 2.05) is 19.1 Å². The van der Waals surface area contributed by atoms with E-state index < -0.39 is 0 Å². The summed E-state index contributed by atoms with van der Waals surface area (Å²) in [4.78, 5) is 23.9. The number of carbonyl (C=O) groups excluding carboxylic acids is 2. The van der Waals surface area contributed by atoms with Gasteiger partial charge in [-0.3, -0.25) is 9.59 Å². The summed E-state index contributed by atoms with van der Waals surface area (Å²) in [6.07, 6.45) is 3.49. The van der Waals surface area contributed by atoms with Crippen LogP contribution >= 0.6 is 0 Å². The van der Waals surface area contributed by atoms with Crippen LogP contribution in [0.5, 0.6) is 0 Å². The molecule has 0 spiro atoms. The maximum absolute atomic E-state index is 12.2. The number of fused-ring (bicyclic) bond motifs is 1. The van der Waals surface area contributed by atoms with E-state index in [1.54, 1.807) is 12.1 Å². The van der Waals surface area contributed by atoms with Crippen LogP contribution < -0.4 is 5.32 Å². The third-order valence-electron chi connectivity index (χ3n) is 4.04. The molecule has 2 unspecified atom stereocenters. The Kier molecular flexibility index (Phi) is 6.02. The molecule has 1 N–H and O–H groups in total. The Morgan fingerprint density at radius 2 is 1.96 bits per heavy atom. The van der Waals surface area contributed by atoms with Crippen molar-refractivity contribution in [3.05, 3.63) is 35.4 Å². The van der Waals surface area contributed by atoms with Crippen molar-refractivity contribution < 1.29 is 9.59 Å². The number of azo groups is 1. The summed E-state index contributed by atoms with van der Waals surface area (Å²) in [6, 6.07) is 7.01. The molecule has 1 aromatic carbocycles. The van der Waals surface area contributed by atoms with Crippen LogP contribution in [0.4, 0.5) is 0 Å². The van der Waals surface area contributed by atoms with Crippen molar-refractivity contribution in [3.63, 3.8) is 0 Å². The maximum atomic E-state index is 12.2. The quantitative estimate of drug-likeness (QED) is 0.824. The lowest BCUT2D eigenvalue weighted by Crippen LogP contribution is -2.33. The number of amides is 2. The normalized spacial score (nSPS) is 17.9. The lowest BCUT2D eigenvalue weighted by molar-refractivity contribution is -0.122. The van der Waals surface area contributed by atoms with Crippen molar-refractivity contribution in [3.8, 4) is 0 Å². The summed E-state index contributed by atoms with van der Waals surface area (Å²) in [7, 11) is 0. The fraction of sp³-hybridized carbons (Fsp3) is 0.556. The molecule has 5 nitrogen and oxygen atoms in total. The molecule has 1 heterocycles. The standard InChI is InChI=1S/C18H25N3O2/c1-12(2)7-6-8-13(3)19-17(22)11-16-14-9-4-5-10-15(14)18(23)21-20-16/h4-5,9-10,12-13,16H,6-8,11H2,1-3H3,(H,19,22). The van der Waals surface area contributed by atoms with Gasteiger partial charge in [-0.15, -0.1) is 5.11 Å². The predicted molar refractivity (Wildman–Crippen MR) is 89.3 cm³/mol. The first-order valence-corrected chi connectivity index (χ1v) is 8.31. The van der Waals surface area contributed by atoms with Crippen molar-refractivity contribution >= 4 is 11.8 Å². The van der Waals surface area contributed by atoms with E-state index in [1.165, 1.54) is 6.42 Å². The SMILES string of the molecule is CC(C)CCCC(C)NC(=O)CC1N=NC(=O)c2ccccc21. The van der Waals surface area contributed by atoms with Gasteiger partial charge >= 0.3 is 0 Å². The Hall–Kier alpha value is -2.04. The van der Waals surface area contributed by atoms with E-state index >= 15 is 0 Å². The minimum absolute atomic E-state index is 0.0462. The van der Waals surface area contributed by atoms with Crippen LogP contribution in [0.3, 0.4) is 0 Å². The van der Waals surface area contributed by atoms with Crippen LogP contribution in [0.15, 0.2) is 34.5 Å². The molecule has 0 saturated carbocycles. The third-order valence-corrected chi connectivity index (χ3v) is 4.04. The van der Waals surface area contributed by atoms with E-state index in [2.05, 4.69) is 29.4 Å². The average Bonchev–Trinajstić information content (AvgIpc) is 2.50. The zero-order valence-electron chi connectivity index (χ0n) is 14.1. The molecule has 2 rings (SSSR count). The van der Waals surface area contributed by atoms with Crippen LogP contribution in [-0.4, -0.2) is 17.9 Å². The van der Waals surface area contributed by atoms with Crippen molar-refractivity contribution in [2.24, 2.45) is 16.1 Å². The summed E-state index contributed by atoms with van der Waals surface area (Å²) in [5.41, 5.74) is 1.33. The number of hydrogen-bond acceptors (Lipinski definition) is 3. The number of carbonyl (C=O) groups is 2. The lowest BCUT2D eigenvalue weighted by atomic mass is 9.96. The summed E-state index contributed by atoms with van der Waals surface area (Å²) in [6.45, 7) is 6.43. The zero-order chi connectivity index (χ0) is 16.8. The molecule has 0 fully saturated rings. The second-order valence-electron chi connectivity index (χ2n) is 6.62. The molecule has 0 bridgehead atoms. The van der Waals surface area contributed by atoms with Crippen molar-refractivity contribution in [1.29, 1.82) is 0 Å². The van der Waals surface area contributed by atoms with Crippen molar-refractivity contribution in [2.45, 2.75) is 58.5 Å². The van der Waals surface area contributed by atoms with Gasteiger partial charge in [0.15, 0.2) is 0 Å². The monoisotopic (exact) mass is 315 g/mol. The molecular formula is C18H25N3O2. The van der Waals surface area contributed by atoms with E-state index in [0.717, 1.165) is 18.4 Å². The first kappa shape index (κ1) is 17.3. The largest absolute Gasteiger partial charge is 0.354 e. The first-order valence-electron chi connectivity index (χ1n) is 8.31. The first-order chi connectivity index (χ1) is 11.0. The fourth-order valence-corrected chi connectivity index (χ4v) is 2.79. The Labute approximate surface area is 137 Å². The van der Waals surface area contributed by atoms with E-state index in [9.17, 15) is 9.59 Å². The van der Waals surface area contributed by atoms with Crippen LogP contribution in [0.2, 0.25) is 0 Å². The fourth-order valence-electron chi connectivity index (χ4n) is 2.79. The van der Waals surface area contributed by atoms with Crippen molar-refractivity contribution in [2.75, 3.05) is 0 Å².